The molecule has 0 fully saturated rings. The minimum absolute atomic E-state index is 0.138. The first-order valence-electron chi connectivity index (χ1n) is 7.81. The molecule has 2 unspecified atom stereocenters. The maximum atomic E-state index is 10.7. The average molecular weight is 276 g/mol. The van der Waals surface area contributed by atoms with Crippen molar-refractivity contribution in [3.8, 4) is 0 Å². The second-order valence-corrected chi connectivity index (χ2v) is 8.33. The normalized spacial score (nSPS) is 15.9. The van der Waals surface area contributed by atoms with E-state index in [4.69, 9.17) is 0 Å². The molecule has 0 aromatic heterocycles. The van der Waals surface area contributed by atoms with Crippen LogP contribution in [0.25, 0.3) is 0 Å². The molecule has 1 aromatic rings. The van der Waals surface area contributed by atoms with E-state index in [1.807, 2.05) is 0 Å². The van der Waals surface area contributed by atoms with E-state index in [2.05, 4.69) is 71.9 Å². The Morgan fingerprint density at radius 3 is 1.95 bits per heavy atom. The third-order valence-corrected chi connectivity index (χ3v) is 3.99. The number of hydrogen-bond donors (Lipinski definition) is 1. The fourth-order valence-corrected chi connectivity index (χ4v) is 2.94. The predicted molar refractivity (Wildman–Crippen MR) is 87.8 cm³/mol. The van der Waals surface area contributed by atoms with Crippen molar-refractivity contribution in [2.45, 2.75) is 66.9 Å². The van der Waals surface area contributed by atoms with Gasteiger partial charge in [-0.3, -0.25) is 0 Å². The van der Waals surface area contributed by atoms with Crippen LogP contribution in [0.1, 0.15) is 59.9 Å². The van der Waals surface area contributed by atoms with Crippen LogP contribution in [0.3, 0.4) is 0 Å². The van der Waals surface area contributed by atoms with Crippen LogP contribution < -0.4 is 0 Å². The molecular formula is C19H32O. The molecule has 0 aliphatic rings. The molecule has 114 valence electrons. The highest BCUT2D eigenvalue weighted by atomic mass is 16.3. The van der Waals surface area contributed by atoms with Gasteiger partial charge in [0.25, 0.3) is 0 Å². The predicted octanol–water partition coefficient (Wildman–Crippen LogP) is 5.08. The zero-order chi connectivity index (χ0) is 15.4. The van der Waals surface area contributed by atoms with E-state index < -0.39 is 0 Å². The van der Waals surface area contributed by atoms with E-state index in [9.17, 15) is 5.11 Å². The van der Waals surface area contributed by atoms with Crippen LogP contribution in [0.5, 0.6) is 0 Å². The molecule has 0 heterocycles. The molecule has 0 aliphatic carbocycles. The van der Waals surface area contributed by atoms with Gasteiger partial charge >= 0.3 is 0 Å². The van der Waals surface area contributed by atoms with Gasteiger partial charge in [-0.2, -0.15) is 0 Å². The highest BCUT2D eigenvalue weighted by Gasteiger charge is 2.32. The lowest BCUT2D eigenvalue weighted by molar-refractivity contribution is 0.0103. The Kier molecular flexibility index (Phi) is 5.82. The second kappa shape index (κ2) is 6.76. The Balaban J connectivity index is 2.70. The van der Waals surface area contributed by atoms with E-state index >= 15 is 0 Å². The molecule has 0 aliphatic heterocycles. The largest absolute Gasteiger partial charge is 0.393 e. The molecule has 0 radical (unpaired) electrons. The van der Waals surface area contributed by atoms with Gasteiger partial charge in [-0.15, -0.1) is 0 Å². The minimum Gasteiger partial charge on any atom is -0.393 e. The van der Waals surface area contributed by atoms with Gasteiger partial charge in [0.15, 0.2) is 0 Å². The Morgan fingerprint density at radius 2 is 1.50 bits per heavy atom. The summed E-state index contributed by atoms with van der Waals surface area (Å²) in [6, 6.07) is 10.6. The maximum Gasteiger partial charge on any atom is 0.0578 e. The van der Waals surface area contributed by atoms with E-state index in [1.54, 1.807) is 0 Å². The number of aliphatic hydroxyl groups excluding tert-OH is 1. The van der Waals surface area contributed by atoms with Gasteiger partial charge < -0.3 is 5.11 Å². The lowest BCUT2D eigenvalue weighted by Gasteiger charge is -2.37. The molecule has 0 saturated carbocycles. The second-order valence-electron chi connectivity index (χ2n) is 8.33. The van der Waals surface area contributed by atoms with Gasteiger partial charge in [0.05, 0.1) is 6.10 Å². The van der Waals surface area contributed by atoms with Crippen molar-refractivity contribution in [1.29, 1.82) is 0 Å². The number of aliphatic hydroxyl groups is 1. The molecule has 0 bridgehead atoms. The monoisotopic (exact) mass is 276 g/mol. The fourth-order valence-electron chi connectivity index (χ4n) is 2.94. The molecule has 0 amide bonds. The summed E-state index contributed by atoms with van der Waals surface area (Å²) in [6.45, 7) is 13.3. The van der Waals surface area contributed by atoms with Crippen molar-refractivity contribution in [1.82, 2.24) is 0 Å². The third kappa shape index (κ3) is 6.09. The van der Waals surface area contributed by atoms with Gasteiger partial charge in [-0.25, -0.2) is 0 Å². The summed E-state index contributed by atoms with van der Waals surface area (Å²) < 4.78 is 0. The van der Waals surface area contributed by atoms with Crippen LogP contribution in [0, 0.1) is 16.7 Å². The van der Waals surface area contributed by atoms with E-state index in [0.29, 0.717) is 5.92 Å². The average Bonchev–Trinajstić information content (AvgIpc) is 2.26. The lowest BCUT2D eigenvalue weighted by atomic mass is 9.71. The van der Waals surface area contributed by atoms with Crippen LogP contribution in [0.2, 0.25) is 0 Å². The van der Waals surface area contributed by atoms with Gasteiger partial charge in [-0.05, 0) is 41.6 Å². The zero-order valence-electron chi connectivity index (χ0n) is 14.1. The first kappa shape index (κ1) is 17.2. The van der Waals surface area contributed by atoms with Crippen LogP contribution in [-0.2, 0) is 6.42 Å². The molecule has 1 heteroatoms. The highest BCUT2D eigenvalue weighted by Crippen LogP contribution is 2.36. The molecule has 20 heavy (non-hydrogen) atoms. The summed E-state index contributed by atoms with van der Waals surface area (Å²) in [4.78, 5) is 0. The summed E-state index contributed by atoms with van der Waals surface area (Å²) in [6.07, 6.45) is 2.73. The van der Waals surface area contributed by atoms with Crippen molar-refractivity contribution in [2.24, 2.45) is 16.7 Å². The van der Waals surface area contributed by atoms with Gasteiger partial charge in [0.1, 0.15) is 0 Å². The summed E-state index contributed by atoms with van der Waals surface area (Å²) in [5, 5.41) is 10.7. The molecule has 0 saturated heterocycles. The van der Waals surface area contributed by atoms with Crippen molar-refractivity contribution in [3.05, 3.63) is 35.9 Å². The summed E-state index contributed by atoms with van der Waals surface area (Å²) in [5.74, 6) is 0.335. The molecule has 1 nitrogen and oxygen atoms in total. The van der Waals surface area contributed by atoms with Crippen molar-refractivity contribution in [3.63, 3.8) is 0 Å². The molecular weight excluding hydrogens is 244 g/mol. The Bertz CT molecular complexity index is 380. The Labute approximate surface area is 125 Å². The zero-order valence-corrected chi connectivity index (χ0v) is 14.1. The third-order valence-electron chi connectivity index (χ3n) is 3.99. The SMILES string of the molecule is CC(C)(C)CC(O)C(CCc1ccccc1)C(C)(C)C. The van der Waals surface area contributed by atoms with E-state index in [-0.39, 0.29) is 16.9 Å². The maximum absolute atomic E-state index is 10.7. The number of rotatable bonds is 5. The molecule has 1 rings (SSSR count). The quantitative estimate of drug-likeness (QED) is 0.795. The smallest absolute Gasteiger partial charge is 0.0578 e. The van der Waals surface area contributed by atoms with Crippen LogP contribution in [-0.4, -0.2) is 11.2 Å². The first-order valence-corrected chi connectivity index (χ1v) is 7.81. The molecule has 1 aromatic carbocycles. The summed E-state index contributed by atoms with van der Waals surface area (Å²) in [5.41, 5.74) is 1.68. The fraction of sp³-hybridized carbons (Fsp3) is 0.684. The Morgan fingerprint density at radius 1 is 0.950 bits per heavy atom. The minimum atomic E-state index is -0.223. The molecule has 0 spiro atoms. The Hall–Kier alpha value is -0.820. The lowest BCUT2D eigenvalue weighted by Crippen LogP contribution is -2.35. The summed E-state index contributed by atoms with van der Waals surface area (Å²) >= 11 is 0. The van der Waals surface area contributed by atoms with Gasteiger partial charge in [0.2, 0.25) is 0 Å². The van der Waals surface area contributed by atoms with Crippen LogP contribution in [0.15, 0.2) is 30.3 Å². The van der Waals surface area contributed by atoms with Gasteiger partial charge in [0, 0.05) is 0 Å². The molecule has 1 N–H and O–H groups in total. The van der Waals surface area contributed by atoms with Crippen molar-refractivity contribution >= 4 is 0 Å². The van der Waals surface area contributed by atoms with E-state index in [0.717, 1.165) is 19.3 Å². The standard InChI is InChI=1S/C19H32O/c1-18(2,3)14-17(20)16(19(4,5)6)13-12-15-10-8-7-9-11-15/h7-11,16-17,20H,12-14H2,1-6H3. The highest BCUT2D eigenvalue weighted by molar-refractivity contribution is 5.14. The first-order chi connectivity index (χ1) is 9.09. The number of hydrogen-bond acceptors (Lipinski definition) is 1. The number of benzene rings is 1. The van der Waals surface area contributed by atoms with Crippen LogP contribution >= 0.6 is 0 Å². The van der Waals surface area contributed by atoms with E-state index in [1.165, 1.54) is 5.56 Å². The van der Waals surface area contributed by atoms with Crippen molar-refractivity contribution in [2.75, 3.05) is 0 Å². The van der Waals surface area contributed by atoms with Crippen molar-refractivity contribution < 1.29 is 5.11 Å². The molecule has 2 atom stereocenters. The summed E-state index contributed by atoms with van der Waals surface area (Å²) in [7, 11) is 0. The van der Waals surface area contributed by atoms with Gasteiger partial charge in [-0.1, -0.05) is 71.9 Å². The number of aryl methyl sites for hydroxylation is 1. The van der Waals surface area contributed by atoms with Crippen LogP contribution in [0.4, 0.5) is 0 Å². The topological polar surface area (TPSA) is 20.2 Å².